The highest BCUT2D eigenvalue weighted by Crippen LogP contribution is 2.56. The molecule has 2 unspecified atom stereocenters. The molecule has 0 bridgehead atoms. The number of aliphatic hydroxyl groups is 1. The van der Waals surface area contributed by atoms with E-state index in [-0.39, 0.29) is 23.2 Å². The van der Waals surface area contributed by atoms with Crippen LogP contribution in [-0.4, -0.2) is 17.5 Å². The number of hydrogen-bond donors (Lipinski definition) is 1. The summed E-state index contributed by atoms with van der Waals surface area (Å²) in [4.78, 5) is 12.0. The number of hydrogen-bond acceptors (Lipinski definition) is 2. The van der Waals surface area contributed by atoms with E-state index in [1.54, 1.807) is 0 Å². The van der Waals surface area contributed by atoms with Crippen molar-refractivity contribution in [3.05, 3.63) is 0 Å². The lowest BCUT2D eigenvalue weighted by molar-refractivity contribution is -0.134. The van der Waals surface area contributed by atoms with Crippen LogP contribution in [0.4, 0.5) is 0 Å². The Morgan fingerprint density at radius 1 is 1.43 bits per heavy atom. The van der Waals surface area contributed by atoms with Crippen LogP contribution in [0, 0.1) is 16.7 Å². The van der Waals surface area contributed by atoms with Crippen LogP contribution < -0.4 is 0 Å². The molecular formula is C12H22O2. The topological polar surface area (TPSA) is 37.3 Å². The summed E-state index contributed by atoms with van der Waals surface area (Å²) in [7, 11) is 0. The SMILES string of the molecule is CC1CCC(C)(C(=O)CCO)C1(C)C. The third kappa shape index (κ3) is 1.50. The molecule has 1 saturated carbocycles. The molecule has 1 N–H and O–H groups in total. The van der Waals surface area contributed by atoms with Crippen molar-refractivity contribution in [2.45, 2.75) is 47.0 Å². The second-order valence-electron chi connectivity index (χ2n) is 5.39. The van der Waals surface area contributed by atoms with Crippen molar-refractivity contribution in [1.29, 1.82) is 0 Å². The highest BCUT2D eigenvalue weighted by molar-refractivity contribution is 5.85. The third-order valence-electron chi connectivity index (χ3n) is 4.69. The molecule has 1 aliphatic rings. The second-order valence-corrected chi connectivity index (χ2v) is 5.39. The van der Waals surface area contributed by atoms with Crippen LogP contribution in [0.1, 0.15) is 47.0 Å². The molecule has 0 spiro atoms. The minimum atomic E-state index is -0.227. The minimum absolute atomic E-state index is 0.0150. The Kier molecular flexibility index (Phi) is 3.05. The van der Waals surface area contributed by atoms with Crippen molar-refractivity contribution in [1.82, 2.24) is 0 Å². The molecule has 2 heteroatoms. The van der Waals surface area contributed by atoms with Gasteiger partial charge in [-0.1, -0.05) is 27.7 Å². The van der Waals surface area contributed by atoms with Gasteiger partial charge < -0.3 is 5.11 Å². The summed E-state index contributed by atoms with van der Waals surface area (Å²) in [6.45, 7) is 8.63. The fourth-order valence-corrected chi connectivity index (χ4v) is 2.61. The summed E-state index contributed by atoms with van der Waals surface area (Å²) in [6.07, 6.45) is 2.41. The zero-order chi connectivity index (χ0) is 11.0. The molecule has 1 rings (SSSR count). The zero-order valence-electron chi connectivity index (χ0n) is 9.76. The largest absolute Gasteiger partial charge is 0.396 e. The van der Waals surface area contributed by atoms with Crippen LogP contribution >= 0.6 is 0 Å². The maximum absolute atomic E-state index is 12.0. The summed E-state index contributed by atoms with van der Waals surface area (Å²) in [5, 5.41) is 8.83. The number of ketones is 1. The van der Waals surface area contributed by atoms with Crippen LogP contribution in [0.3, 0.4) is 0 Å². The van der Waals surface area contributed by atoms with Gasteiger partial charge in [0.15, 0.2) is 0 Å². The minimum Gasteiger partial charge on any atom is -0.396 e. The average molecular weight is 198 g/mol. The molecule has 0 saturated heterocycles. The summed E-state index contributed by atoms with van der Waals surface area (Å²) in [5.41, 5.74) is -0.158. The van der Waals surface area contributed by atoms with Crippen LogP contribution in [0.5, 0.6) is 0 Å². The quantitative estimate of drug-likeness (QED) is 0.756. The van der Waals surface area contributed by atoms with Crippen LogP contribution in [0.25, 0.3) is 0 Å². The maximum atomic E-state index is 12.0. The first-order valence-corrected chi connectivity index (χ1v) is 5.50. The molecule has 0 heterocycles. The lowest BCUT2D eigenvalue weighted by Gasteiger charge is -2.39. The Bertz CT molecular complexity index is 232. The van der Waals surface area contributed by atoms with Crippen molar-refractivity contribution in [2.24, 2.45) is 16.7 Å². The van der Waals surface area contributed by atoms with Gasteiger partial charge in [-0.2, -0.15) is 0 Å². The molecule has 0 aromatic carbocycles. The van der Waals surface area contributed by atoms with E-state index in [1.807, 2.05) is 0 Å². The summed E-state index contributed by atoms with van der Waals surface area (Å²) < 4.78 is 0. The normalized spacial score (nSPS) is 35.9. The van der Waals surface area contributed by atoms with Gasteiger partial charge in [-0.05, 0) is 24.2 Å². The Morgan fingerprint density at radius 2 is 2.00 bits per heavy atom. The van der Waals surface area contributed by atoms with Gasteiger partial charge >= 0.3 is 0 Å². The van der Waals surface area contributed by atoms with E-state index in [1.165, 1.54) is 0 Å². The molecule has 82 valence electrons. The van der Waals surface area contributed by atoms with E-state index < -0.39 is 0 Å². The van der Waals surface area contributed by atoms with Gasteiger partial charge in [-0.15, -0.1) is 0 Å². The van der Waals surface area contributed by atoms with E-state index in [9.17, 15) is 4.79 Å². The summed E-state index contributed by atoms with van der Waals surface area (Å²) in [6, 6.07) is 0. The van der Waals surface area contributed by atoms with E-state index in [2.05, 4.69) is 27.7 Å². The van der Waals surface area contributed by atoms with Gasteiger partial charge in [-0.25, -0.2) is 0 Å². The summed E-state index contributed by atoms with van der Waals surface area (Å²) >= 11 is 0. The fraction of sp³-hybridized carbons (Fsp3) is 0.917. The highest BCUT2D eigenvalue weighted by atomic mass is 16.3. The Labute approximate surface area is 86.7 Å². The van der Waals surface area contributed by atoms with E-state index in [0.29, 0.717) is 12.3 Å². The van der Waals surface area contributed by atoms with Gasteiger partial charge in [0.05, 0.1) is 0 Å². The molecule has 0 aliphatic heterocycles. The molecule has 14 heavy (non-hydrogen) atoms. The first-order valence-electron chi connectivity index (χ1n) is 5.50. The first-order chi connectivity index (χ1) is 6.36. The van der Waals surface area contributed by atoms with Crippen molar-refractivity contribution in [2.75, 3.05) is 6.61 Å². The van der Waals surface area contributed by atoms with Crippen LogP contribution in [0.15, 0.2) is 0 Å². The predicted molar refractivity (Wildman–Crippen MR) is 57.0 cm³/mol. The molecule has 0 aromatic heterocycles. The summed E-state index contributed by atoms with van der Waals surface area (Å²) in [5.74, 6) is 0.824. The molecule has 1 aliphatic carbocycles. The van der Waals surface area contributed by atoms with Crippen molar-refractivity contribution >= 4 is 5.78 Å². The molecule has 0 aromatic rings. The van der Waals surface area contributed by atoms with Crippen LogP contribution in [-0.2, 0) is 4.79 Å². The van der Waals surface area contributed by atoms with Gasteiger partial charge in [0.1, 0.15) is 5.78 Å². The van der Waals surface area contributed by atoms with Crippen molar-refractivity contribution in [3.8, 4) is 0 Å². The molecular weight excluding hydrogens is 176 g/mol. The lowest BCUT2D eigenvalue weighted by atomic mass is 9.63. The van der Waals surface area contributed by atoms with E-state index in [0.717, 1.165) is 12.8 Å². The molecule has 0 amide bonds. The predicted octanol–water partition coefficient (Wildman–Crippen LogP) is 2.40. The number of rotatable bonds is 3. The van der Waals surface area contributed by atoms with E-state index >= 15 is 0 Å². The van der Waals surface area contributed by atoms with Gasteiger partial charge in [0, 0.05) is 18.4 Å². The van der Waals surface area contributed by atoms with Crippen molar-refractivity contribution < 1.29 is 9.90 Å². The Morgan fingerprint density at radius 3 is 2.36 bits per heavy atom. The standard InChI is InChI=1S/C12H22O2/c1-9-5-7-12(4,11(9,2)3)10(14)6-8-13/h9,13H,5-8H2,1-4H3. The molecule has 2 atom stereocenters. The Hall–Kier alpha value is -0.370. The first kappa shape index (κ1) is 11.7. The van der Waals surface area contributed by atoms with Gasteiger partial charge in [0.2, 0.25) is 0 Å². The third-order valence-corrected chi connectivity index (χ3v) is 4.69. The second kappa shape index (κ2) is 3.65. The Balaban J connectivity index is 2.89. The highest BCUT2D eigenvalue weighted by Gasteiger charge is 2.53. The monoisotopic (exact) mass is 198 g/mol. The zero-order valence-corrected chi connectivity index (χ0v) is 9.76. The number of Topliss-reactive ketones (excluding diaryl/α,β-unsaturated/α-hetero) is 1. The van der Waals surface area contributed by atoms with Crippen molar-refractivity contribution in [3.63, 3.8) is 0 Å². The fourth-order valence-electron chi connectivity index (χ4n) is 2.61. The molecule has 0 radical (unpaired) electrons. The van der Waals surface area contributed by atoms with Gasteiger partial charge in [-0.3, -0.25) is 4.79 Å². The number of carbonyl (C=O) groups excluding carboxylic acids is 1. The lowest BCUT2D eigenvalue weighted by Crippen LogP contribution is -2.40. The number of aliphatic hydroxyl groups excluding tert-OH is 1. The van der Waals surface area contributed by atoms with Gasteiger partial charge in [0.25, 0.3) is 0 Å². The average Bonchev–Trinajstić information content (AvgIpc) is 2.31. The smallest absolute Gasteiger partial charge is 0.141 e. The van der Waals surface area contributed by atoms with Crippen LogP contribution in [0.2, 0.25) is 0 Å². The molecule has 1 fully saturated rings. The maximum Gasteiger partial charge on any atom is 0.141 e. The van der Waals surface area contributed by atoms with E-state index in [4.69, 9.17) is 5.11 Å². The number of carbonyl (C=O) groups is 1. The molecule has 2 nitrogen and oxygen atoms in total.